The van der Waals surface area contributed by atoms with Gasteiger partial charge in [-0.1, -0.05) is 17.7 Å². The second kappa shape index (κ2) is 7.32. The van der Waals surface area contributed by atoms with Crippen molar-refractivity contribution in [1.29, 1.82) is 5.26 Å². The zero-order valence-electron chi connectivity index (χ0n) is 11.3. The molecule has 0 aliphatic heterocycles. The van der Waals surface area contributed by atoms with Gasteiger partial charge in [-0.25, -0.2) is 0 Å². The molecule has 0 bridgehead atoms. The van der Waals surface area contributed by atoms with E-state index in [0.29, 0.717) is 29.2 Å². The lowest BCUT2D eigenvalue weighted by atomic mass is 10.2. The van der Waals surface area contributed by atoms with Crippen LogP contribution in [0.2, 0.25) is 5.02 Å². The van der Waals surface area contributed by atoms with E-state index in [4.69, 9.17) is 16.9 Å². The molecule has 2 N–H and O–H groups in total. The molecule has 0 heterocycles. The van der Waals surface area contributed by atoms with Crippen LogP contribution < -0.4 is 10.6 Å². The molecule has 0 aromatic heterocycles. The van der Waals surface area contributed by atoms with Crippen molar-refractivity contribution >= 4 is 28.9 Å². The molecule has 4 nitrogen and oxygen atoms in total. The fourth-order valence-corrected chi connectivity index (χ4v) is 1.90. The number of nitriles is 1. The number of halogens is 1. The average molecular weight is 300 g/mol. The Kier molecular flexibility index (Phi) is 5.19. The molecule has 0 fully saturated rings. The summed E-state index contributed by atoms with van der Waals surface area (Å²) in [5, 5.41) is 15.4. The first-order valence-electron chi connectivity index (χ1n) is 6.47. The summed E-state index contributed by atoms with van der Waals surface area (Å²) in [6.07, 6.45) is 0.333. The topological polar surface area (TPSA) is 64.9 Å². The van der Waals surface area contributed by atoms with Gasteiger partial charge in [0.2, 0.25) is 5.91 Å². The van der Waals surface area contributed by atoms with E-state index >= 15 is 0 Å². The molecule has 0 saturated heterocycles. The van der Waals surface area contributed by atoms with E-state index in [-0.39, 0.29) is 5.91 Å². The van der Waals surface area contributed by atoms with Gasteiger partial charge in [-0.3, -0.25) is 4.79 Å². The maximum atomic E-state index is 11.8. The van der Waals surface area contributed by atoms with Gasteiger partial charge in [-0.2, -0.15) is 5.26 Å². The van der Waals surface area contributed by atoms with E-state index in [1.807, 2.05) is 18.2 Å². The number of hydrogen-bond acceptors (Lipinski definition) is 3. The molecular weight excluding hydrogens is 286 g/mol. The molecule has 2 aromatic carbocycles. The molecule has 0 unspecified atom stereocenters. The van der Waals surface area contributed by atoms with E-state index < -0.39 is 0 Å². The SMILES string of the molecule is N#Cc1cccc(NC(=O)CCNc2ccc(Cl)cc2)c1. The van der Waals surface area contributed by atoms with Gasteiger partial charge in [0.15, 0.2) is 0 Å². The summed E-state index contributed by atoms with van der Waals surface area (Å²) in [4.78, 5) is 11.8. The summed E-state index contributed by atoms with van der Waals surface area (Å²) in [5.41, 5.74) is 2.07. The Balaban J connectivity index is 1.79. The normalized spacial score (nSPS) is 9.71. The molecule has 2 aromatic rings. The summed E-state index contributed by atoms with van der Waals surface area (Å²) in [7, 11) is 0. The van der Waals surface area contributed by atoms with Crippen LogP contribution in [0, 0.1) is 11.3 Å². The fraction of sp³-hybridized carbons (Fsp3) is 0.125. The van der Waals surface area contributed by atoms with Crippen molar-refractivity contribution in [3.8, 4) is 6.07 Å². The van der Waals surface area contributed by atoms with Crippen LogP contribution in [0.1, 0.15) is 12.0 Å². The van der Waals surface area contributed by atoms with E-state index in [0.717, 1.165) is 5.69 Å². The molecule has 0 spiro atoms. The standard InChI is InChI=1S/C16H14ClN3O/c17-13-4-6-14(7-5-13)19-9-8-16(21)20-15-3-1-2-12(10-15)11-18/h1-7,10,19H,8-9H2,(H,20,21). The van der Waals surface area contributed by atoms with Crippen LogP contribution in [0.5, 0.6) is 0 Å². The van der Waals surface area contributed by atoms with Crippen molar-refractivity contribution in [2.24, 2.45) is 0 Å². The van der Waals surface area contributed by atoms with Crippen LogP contribution in [0.25, 0.3) is 0 Å². The molecule has 106 valence electrons. The lowest BCUT2D eigenvalue weighted by molar-refractivity contribution is -0.115. The Labute approximate surface area is 128 Å². The Morgan fingerprint density at radius 1 is 1.14 bits per heavy atom. The molecule has 0 aliphatic carbocycles. The van der Waals surface area contributed by atoms with Gasteiger partial charge < -0.3 is 10.6 Å². The van der Waals surface area contributed by atoms with Gasteiger partial charge in [-0.05, 0) is 42.5 Å². The smallest absolute Gasteiger partial charge is 0.226 e. The lowest BCUT2D eigenvalue weighted by Crippen LogP contribution is -2.16. The zero-order chi connectivity index (χ0) is 15.1. The average Bonchev–Trinajstić information content (AvgIpc) is 2.49. The third-order valence-electron chi connectivity index (χ3n) is 2.80. The highest BCUT2D eigenvalue weighted by Gasteiger charge is 2.03. The highest BCUT2D eigenvalue weighted by Crippen LogP contribution is 2.13. The predicted octanol–water partition coefficient (Wildman–Crippen LogP) is 3.65. The van der Waals surface area contributed by atoms with Crippen molar-refractivity contribution in [2.45, 2.75) is 6.42 Å². The number of rotatable bonds is 5. The maximum Gasteiger partial charge on any atom is 0.226 e. The Morgan fingerprint density at radius 3 is 2.62 bits per heavy atom. The third-order valence-corrected chi connectivity index (χ3v) is 3.05. The Hall–Kier alpha value is -2.51. The second-order valence-corrected chi connectivity index (χ2v) is 4.86. The molecule has 0 aliphatic rings. The number of carbonyl (C=O) groups excluding carboxylic acids is 1. The highest BCUT2D eigenvalue weighted by molar-refractivity contribution is 6.30. The number of nitrogens with one attached hydrogen (secondary N) is 2. The third kappa shape index (κ3) is 4.83. The molecule has 0 radical (unpaired) electrons. The largest absolute Gasteiger partial charge is 0.385 e. The lowest BCUT2D eigenvalue weighted by Gasteiger charge is -2.07. The van der Waals surface area contributed by atoms with Gasteiger partial charge in [0.1, 0.15) is 0 Å². The molecule has 5 heteroatoms. The van der Waals surface area contributed by atoms with Gasteiger partial charge in [0.25, 0.3) is 0 Å². The van der Waals surface area contributed by atoms with Crippen LogP contribution in [0.15, 0.2) is 48.5 Å². The predicted molar refractivity (Wildman–Crippen MR) is 84.3 cm³/mol. The summed E-state index contributed by atoms with van der Waals surface area (Å²) < 4.78 is 0. The second-order valence-electron chi connectivity index (χ2n) is 4.42. The van der Waals surface area contributed by atoms with E-state index in [2.05, 4.69) is 10.6 Å². The van der Waals surface area contributed by atoms with Crippen LogP contribution in [0.4, 0.5) is 11.4 Å². The molecule has 0 saturated carbocycles. The van der Waals surface area contributed by atoms with Crippen LogP contribution in [-0.2, 0) is 4.79 Å². The first-order valence-corrected chi connectivity index (χ1v) is 6.84. The van der Waals surface area contributed by atoms with Crippen LogP contribution in [-0.4, -0.2) is 12.5 Å². The Morgan fingerprint density at radius 2 is 1.90 bits per heavy atom. The van der Waals surface area contributed by atoms with Gasteiger partial charge in [0.05, 0.1) is 11.6 Å². The number of carbonyl (C=O) groups is 1. The van der Waals surface area contributed by atoms with E-state index in [9.17, 15) is 4.79 Å². The summed E-state index contributed by atoms with van der Waals surface area (Å²) in [6.45, 7) is 0.519. The van der Waals surface area contributed by atoms with E-state index in [1.54, 1.807) is 36.4 Å². The number of benzene rings is 2. The monoisotopic (exact) mass is 299 g/mol. The quantitative estimate of drug-likeness (QED) is 0.885. The first-order chi connectivity index (χ1) is 10.2. The van der Waals surface area contributed by atoms with Crippen molar-refractivity contribution in [1.82, 2.24) is 0 Å². The van der Waals surface area contributed by atoms with E-state index in [1.165, 1.54) is 0 Å². The number of nitrogens with zero attached hydrogens (tertiary/aromatic N) is 1. The minimum Gasteiger partial charge on any atom is -0.385 e. The summed E-state index contributed by atoms with van der Waals surface area (Å²) >= 11 is 5.80. The number of anilines is 2. The maximum absolute atomic E-state index is 11.8. The number of amides is 1. The van der Waals surface area contributed by atoms with Gasteiger partial charge in [0, 0.05) is 29.4 Å². The van der Waals surface area contributed by atoms with Gasteiger partial charge >= 0.3 is 0 Å². The summed E-state index contributed by atoms with van der Waals surface area (Å²) in [6, 6.07) is 16.2. The minimum absolute atomic E-state index is 0.105. The minimum atomic E-state index is -0.105. The molecular formula is C16H14ClN3O. The van der Waals surface area contributed by atoms with Crippen molar-refractivity contribution in [3.63, 3.8) is 0 Å². The molecule has 0 atom stereocenters. The van der Waals surface area contributed by atoms with Crippen molar-refractivity contribution < 1.29 is 4.79 Å². The van der Waals surface area contributed by atoms with Crippen LogP contribution >= 0.6 is 11.6 Å². The van der Waals surface area contributed by atoms with Crippen LogP contribution in [0.3, 0.4) is 0 Å². The fourth-order valence-electron chi connectivity index (χ4n) is 1.78. The zero-order valence-corrected chi connectivity index (χ0v) is 12.0. The molecule has 21 heavy (non-hydrogen) atoms. The highest BCUT2D eigenvalue weighted by atomic mass is 35.5. The molecule has 1 amide bonds. The van der Waals surface area contributed by atoms with Crippen molar-refractivity contribution in [2.75, 3.05) is 17.2 Å². The summed E-state index contributed by atoms with van der Waals surface area (Å²) in [5.74, 6) is -0.105. The van der Waals surface area contributed by atoms with Gasteiger partial charge in [-0.15, -0.1) is 0 Å². The number of hydrogen-bond donors (Lipinski definition) is 2. The molecule has 2 rings (SSSR count). The van der Waals surface area contributed by atoms with Crippen molar-refractivity contribution in [3.05, 3.63) is 59.1 Å². The first kappa shape index (κ1) is 14.9. The Bertz CT molecular complexity index is 662.